The number of halogens is 1. The summed E-state index contributed by atoms with van der Waals surface area (Å²) >= 11 is 3.33. The molecule has 1 atom stereocenters. The molecule has 0 heterocycles. The Bertz CT molecular complexity index is 502. The predicted octanol–water partition coefficient (Wildman–Crippen LogP) is 2.23. The first-order valence-corrected chi connectivity index (χ1v) is 6.99. The number of hydrogen-bond acceptors (Lipinski definition) is 3. The highest BCUT2D eigenvalue weighted by atomic mass is 79.9. The topological polar surface area (TPSA) is 75.6 Å². The Kier molecular flexibility index (Phi) is 6.01. The molecular weight excluding hydrogens is 326 g/mol. The fraction of sp³-hybridized carbons (Fsp3) is 0.429. The summed E-state index contributed by atoms with van der Waals surface area (Å²) in [4.78, 5) is 23.0. The molecular formula is C14H18BrNO4. The van der Waals surface area contributed by atoms with Crippen molar-refractivity contribution in [3.8, 4) is 5.75 Å². The van der Waals surface area contributed by atoms with Crippen LogP contribution in [-0.2, 0) is 16.0 Å². The zero-order valence-electron chi connectivity index (χ0n) is 11.6. The quantitative estimate of drug-likeness (QED) is 0.830. The van der Waals surface area contributed by atoms with Gasteiger partial charge in [-0.25, -0.2) is 4.79 Å². The first-order valence-electron chi connectivity index (χ1n) is 6.19. The van der Waals surface area contributed by atoms with Gasteiger partial charge in [0.1, 0.15) is 11.8 Å². The smallest absolute Gasteiger partial charge is 0.326 e. The molecule has 0 aliphatic carbocycles. The van der Waals surface area contributed by atoms with Crippen molar-refractivity contribution in [1.82, 2.24) is 5.32 Å². The van der Waals surface area contributed by atoms with Crippen molar-refractivity contribution in [3.63, 3.8) is 0 Å². The summed E-state index contributed by atoms with van der Waals surface area (Å²) in [5, 5.41) is 11.6. The van der Waals surface area contributed by atoms with Gasteiger partial charge < -0.3 is 15.2 Å². The van der Waals surface area contributed by atoms with Crippen LogP contribution in [0.25, 0.3) is 0 Å². The Hall–Kier alpha value is -1.56. The van der Waals surface area contributed by atoms with E-state index in [4.69, 9.17) is 9.84 Å². The number of methoxy groups -OCH3 is 1. The van der Waals surface area contributed by atoms with Crippen LogP contribution in [0.15, 0.2) is 22.7 Å². The molecule has 110 valence electrons. The van der Waals surface area contributed by atoms with Crippen LogP contribution in [0, 0.1) is 5.92 Å². The fourth-order valence-electron chi connectivity index (χ4n) is 1.80. The minimum Gasteiger partial charge on any atom is -0.496 e. The molecule has 1 aromatic rings. The SMILES string of the molecule is COc1ccc(Br)cc1CC(=O)N[C@@H](C(=O)O)C(C)C. The average molecular weight is 344 g/mol. The predicted molar refractivity (Wildman–Crippen MR) is 78.8 cm³/mol. The molecule has 0 spiro atoms. The van der Waals surface area contributed by atoms with E-state index >= 15 is 0 Å². The van der Waals surface area contributed by atoms with Gasteiger partial charge in [-0.05, 0) is 24.1 Å². The van der Waals surface area contributed by atoms with Gasteiger partial charge in [0, 0.05) is 10.0 Å². The van der Waals surface area contributed by atoms with Crippen LogP contribution in [0.1, 0.15) is 19.4 Å². The van der Waals surface area contributed by atoms with Crippen molar-refractivity contribution < 1.29 is 19.4 Å². The molecule has 1 rings (SSSR count). The van der Waals surface area contributed by atoms with Gasteiger partial charge in [0.25, 0.3) is 0 Å². The Morgan fingerprint density at radius 3 is 2.55 bits per heavy atom. The number of aliphatic carboxylic acids is 1. The molecule has 0 saturated heterocycles. The van der Waals surface area contributed by atoms with Gasteiger partial charge in [-0.15, -0.1) is 0 Å². The third-order valence-corrected chi connectivity index (χ3v) is 3.34. The van der Waals surface area contributed by atoms with Gasteiger partial charge in [-0.1, -0.05) is 29.8 Å². The first-order chi connectivity index (χ1) is 9.35. The lowest BCUT2D eigenvalue weighted by atomic mass is 10.0. The largest absolute Gasteiger partial charge is 0.496 e. The molecule has 20 heavy (non-hydrogen) atoms. The van der Waals surface area contributed by atoms with Gasteiger partial charge in [-0.3, -0.25) is 4.79 Å². The lowest BCUT2D eigenvalue weighted by Gasteiger charge is -2.18. The molecule has 0 radical (unpaired) electrons. The second-order valence-corrected chi connectivity index (χ2v) is 5.68. The number of carbonyl (C=O) groups is 2. The number of rotatable bonds is 6. The van der Waals surface area contributed by atoms with E-state index in [0.29, 0.717) is 11.3 Å². The number of benzene rings is 1. The van der Waals surface area contributed by atoms with Gasteiger partial charge in [-0.2, -0.15) is 0 Å². The van der Waals surface area contributed by atoms with Crippen LogP contribution < -0.4 is 10.1 Å². The Morgan fingerprint density at radius 1 is 1.40 bits per heavy atom. The zero-order valence-corrected chi connectivity index (χ0v) is 13.2. The van der Waals surface area contributed by atoms with Gasteiger partial charge >= 0.3 is 5.97 Å². The molecule has 1 aromatic carbocycles. The molecule has 0 aromatic heterocycles. The van der Waals surface area contributed by atoms with E-state index in [1.165, 1.54) is 7.11 Å². The molecule has 5 nitrogen and oxygen atoms in total. The number of carboxylic acid groups (broad SMARTS) is 1. The summed E-state index contributed by atoms with van der Waals surface area (Å²) in [5.41, 5.74) is 0.701. The summed E-state index contributed by atoms with van der Waals surface area (Å²) in [5.74, 6) is -0.960. The van der Waals surface area contributed by atoms with E-state index in [2.05, 4.69) is 21.2 Å². The van der Waals surface area contributed by atoms with Gasteiger partial charge in [0.15, 0.2) is 0 Å². The van der Waals surface area contributed by atoms with Gasteiger partial charge in [0.05, 0.1) is 13.5 Å². The van der Waals surface area contributed by atoms with Crippen molar-refractivity contribution in [1.29, 1.82) is 0 Å². The molecule has 1 amide bonds. The van der Waals surface area contributed by atoms with Crippen LogP contribution in [0.3, 0.4) is 0 Å². The highest BCUT2D eigenvalue weighted by molar-refractivity contribution is 9.10. The van der Waals surface area contributed by atoms with E-state index in [1.54, 1.807) is 26.0 Å². The van der Waals surface area contributed by atoms with Crippen LogP contribution in [0.4, 0.5) is 0 Å². The van der Waals surface area contributed by atoms with E-state index in [1.807, 2.05) is 6.07 Å². The van der Waals surface area contributed by atoms with E-state index < -0.39 is 12.0 Å². The minimum absolute atomic E-state index is 0.0686. The van der Waals surface area contributed by atoms with E-state index in [0.717, 1.165) is 4.47 Å². The highest BCUT2D eigenvalue weighted by Crippen LogP contribution is 2.23. The first kappa shape index (κ1) is 16.5. The Balaban J connectivity index is 2.80. The van der Waals surface area contributed by atoms with Gasteiger partial charge in [0.2, 0.25) is 5.91 Å². The lowest BCUT2D eigenvalue weighted by molar-refractivity contribution is -0.143. The monoisotopic (exact) mass is 343 g/mol. The molecule has 0 aliphatic heterocycles. The summed E-state index contributed by atoms with van der Waals surface area (Å²) in [7, 11) is 1.53. The number of hydrogen-bond donors (Lipinski definition) is 2. The maximum Gasteiger partial charge on any atom is 0.326 e. The average Bonchev–Trinajstić information content (AvgIpc) is 2.35. The third-order valence-electron chi connectivity index (χ3n) is 2.84. The number of ether oxygens (including phenoxy) is 1. The Labute approximate surface area is 126 Å². The summed E-state index contributed by atoms with van der Waals surface area (Å²) in [6.07, 6.45) is 0.0686. The molecule has 0 fully saturated rings. The van der Waals surface area contributed by atoms with Crippen molar-refractivity contribution in [2.24, 2.45) is 5.92 Å². The fourth-order valence-corrected chi connectivity index (χ4v) is 2.20. The van der Waals surface area contributed by atoms with E-state index in [9.17, 15) is 9.59 Å². The molecule has 0 unspecified atom stereocenters. The molecule has 6 heteroatoms. The third kappa shape index (κ3) is 4.52. The second-order valence-electron chi connectivity index (χ2n) is 4.76. The lowest BCUT2D eigenvalue weighted by Crippen LogP contribution is -2.44. The van der Waals surface area contributed by atoms with Crippen molar-refractivity contribution in [2.75, 3.05) is 7.11 Å². The molecule has 0 bridgehead atoms. The molecule has 0 saturated carbocycles. The van der Waals surface area contributed by atoms with Crippen molar-refractivity contribution in [3.05, 3.63) is 28.2 Å². The number of nitrogens with one attached hydrogen (secondary N) is 1. The zero-order chi connectivity index (χ0) is 15.3. The van der Waals surface area contributed by atoms with Crippen LogP contribution in [0.2, 0.25) is 0 Å². The van der Waals surface area contributed by atoms with Crippen molar-refractivity contribution >= 4 is 27.8 Å². The molecule has 0 aliphatic rings. The standard InChI is InChI=1S/C14H18BrNO4/c1-8(2)13(14(18)19)16-12(17)7-9-6-10(15)4-5-11(9)20-3/h4-6,8,13H,7H2,1-3H3,(H,16,17)(H,18,19)/t13-/m1/s1. The molecule has 2 N–H and O–H groups in total. The number of carboxylic acids is 1. The number of carbonyl (C=O) groups excluding carboxylic acids is 1. The summed E-state index contributed by atoms with van der Waals surface area (Å²) < 4.78 is 6.02. The van der Waals surface area contributed by atoms with Crippen molar-refractivity contribution in [2.45, 2.75) is 26.3 Å². The van der Waals surface area contributed by atoms with E-state index in [-0.39, 0.29) is 18.2 Å². The summed E-state index contributed by atoms with van der Waals surface area (Å²) in [6.45, 7) is 3.50. The minimum atomic E-state index is -1.03. The summed E-state index contributed by atoms with van der Waals surface area (Å²) in [6, 6.07) is 4.46. The normalized spacial score (nSPS) is 12.1. The Morgan fingerprint density at radius 2 is 2.05 bits per heavy atom. The van der Waals surface area contributed by atoms with Crippen LogP contribution in [0.5, 0.6) is 5.75 Å². The number of amides is 1. The highest BCUT2D eigenvalue weighted by Gasteiger charge is 2.23. The second kappa shape index (κ2) is 7.28. The maximum atomic E-state index is 12.0. The van der Waals surface area contributed by atoms with Crippen LogP contribution >= 0.6 is 15.9 Å². The maximum absolute atomic E-state index is 12.0. The van der Waals surface area contributed by atoms with Crippen LogP contribution in [-0.4, -0.2) is 30.1 Å².